The first-order valence-corrected chi connectivity index (χ1v) is 7.61. The molecule has 0 bridgehead atoms. The Bertz CT molecular complexity index is 849. The molecule has 2 heterocycles. The molecule has 0 saturated carbocycles. The van der Waals surface area contributed by atoms with E-state index in [1.807, 2.05) is 31.2 Å². The first-order chi connectivity index (χ1) is 10.7. The molecule has 1 aromatic carbocycles. The normalized spacial score (nSPS) is 10.8. The van der Waals surface area contributed by atoms with Crippen molar-refractivity contribution in [2.75, 3.05) is 6.61 Å². The molecule has 22 heavy (non-hydrogen) atoms. The van der Waals surface area contributed by atoms with Gasteiger partial charge in [-0.15, -0.1) is 16.2 Å². The number of nitrogens with zero attached hydrogens (tertiary/aromatic N) is 3. The number of thiazole rings is 1. The summed E-state index contributed by atoms with van der Waals surface area (Å²) in [6, 6.07) is 7.62. The van der Waals surface area contributed by atoms with E-state index < -0.39 is 5.97 Å². The molecule has 0 radical (unpaired) electrons. The molecule has 6 nitrogen and oxygen atoms in total. The van der Waals surface area contributed by atoms with E-state index in [1.165, 1.54) is 15.7 Å². The monoisotopic (exact) mass is 315 g/mol. The molecule has 0 atom stereocenters. The maximum Gasteiger partial charge on any atom is 0.356 e. The van der Waals surface area contributed by atoms with Crippen molar-refractivity contribution in [3.63, 3.8) is 0 Å². The summed E-state index contributed by atoms with van der Waals surface area (Å²) in [4.78, 5) is 28.2. The van der Waals surface area contributed by atoms with Gasteiger partial charge in [-0.1, -0.05) is 29.8 Å². The molecule has 0 aliphatic carbocycles. The van der Waals surface area contributed by atoms with Gasteiger partial charge in [0.2, 0.25) is 5.82 Å². The van der Waals surface area contributed by atoms with Crippen LogP contribution in [0, 0.1) is 11.8 Å². The Labute approximate surface area is 130 Å². The second kappa shape index (κ2) is 5.69. The van der Waals surface area contributed by atoms with Crippen LogP contribution in [-0.2, 0) is 4.74 Å². The quantitative estimate of drug-likeness (QED) is 0.540. The number of rotatable bonds is 4. The topological polar surface area (TPSA) is 73.0 Å². The van der Waals surface area contributed by atoms with Crippen LogP contribution in [0.4, 0.5) is 5.82 Å². The van der Waals surface area contributed by atoms with Crippen LogP contribution >= 0.6 is 11.3 Å². The molecule has 0 saturated heterocycles. The molecule has 0 spiro atoms. The number of carbonyl (C=O) groups excluding carboxylic acids is 1. The number of benzene rings is 1. The molecule has 0 amide bonds. The molecule has 112 valence electrons. The van der Waals surface area contributed by atoms with E-state index in [9.17, 15) is 9.70 Å². The number of carbonyl (C=O) groups is 1. The highest BCUT2D eigenvalue weighted by Crippen LogP contribution is 2.34. The van der Waals surface area contributed by atoms with Crippen molar-refractivity contribution in [3.05, 3.63) is 45.8 Å². The fourth-order valence-electron chi connectivity index (χ4n) is 2.18. The van der Waals surface area contributed by atoms with Gasteiger partial charge >= 0.3 is 5.97 Å². The summed E-state index contributed by atoms with van der Waals surface area (Å²) in [7, 11) is 0. The third-order valence-corrected chi connectivity index (χ3v) is 4.06. The van der Waals surface area contributed by atoms with Crippen molar-refractivity contribution >= 4 is 28.1 Å². The molecule has 2 aromatic heterocycles. The lowest BCUT2D eigenvalue weighted by atomic mass is 10.1. The molecule has 3 rings (SSSR count). The van der Waals surface area contributed by atoms with Gasteiger partial charge < -0.3 is 4.74 Å². The number of hydrogen-bond acceptors (Lipinski definition) is 6. The molecule has 0 fully saturated rings. The zero-order valence-corrected chi connectivity index (χ0v) is 12.9. The Hall–Kier alpha value is -2.54. The van der Waals surface area contributed by atoms with E-state index in [2.05, 4.69) is 10.2 Å². The maximum absolute atomic E-state index is 12.0. The van der Waals surface area contributed by atoms with Crippen LogP contribution in [-0.4, -0.2) is 22.0 Å². The van der Waals surface area contributed by atoms with Gasteiger partial charge in [0.05, 0.1) is 6.61 Å². The van der Waals surface area contributed by atoms with E-state index in [1.54, 1.807) is 12.3 Å². The van der Waals surface area contributed by atoms with Gasteiger partial charge in [0.15, 0.2) is 4.96 Å². The molecule has 0 aliphatic heterocycles. The second-order valence-corrected chi connectivity index (χ2v) is 5.54. The molecule has 7 heteroatoms. The van der Waals surface area contributed by atoms with Gasteiger partial charge in [-0.2, -0.15) is 0 Å². The Morgan fingerprint density at radius 3 is 2.73 bits per heavy atom. The number of nitroso groups, excluding NO2 is 1. The minimum atomic E-state index is -0.494. The van der Waals surface area contributed by atoms with Gasteiger partial charge in [-0.05, 0) is 19.0 Å². The zero-order chi connectivity index (χ0) is 15.7. The Morgan fingerprint density at radius 2 is 2.09 bits per heavy atom. The summed E-state index contributed by atoms with van der Waals surface area (Å²) in [6.45, 7) is 3.97. The highest BCUT2D eigenvalue weighted by Gasteiger charge is 2.22. The number of ether oxygens (including phenoxy) is 1. The smallest absolute Gasteiger partial charge is 0.356 e. The summed E-state index contributed by atoms with van der Waals surface area (Å²) < 4.78 is 6.45. The third-order valence-electron chi connectivity index (χ3n) is 3.24. The molecule has 3 aromatic rings. The van der Waals surface area contributed by atoms with Crippen LogP contribution in [0.3, 0.4) is 0 Å². The van der Waals surface area contributed by atoms with Crippen LogP contribution in [0.5, 0.6) is 0 Å². The second-order valence-electron chi connectivity index (χ2n) is 4.70. The number of fused-ring (bicyclic) bond motifs is 1. The van der Waals surface area contributed by atoms with Gasteiger partial charge in [-0.25, -0.2) is 9.78 Å². The fourth-order valence-corrected chi connectivity index (χ4v) is 3.04. The highest BCUT2D eigenvalue weighted by molar-refractivity contribution is 7.15. The Balaban J connectivity index is 2.19. The number of hydrogen-bond donors (Lipinski definition) is 0. The van der Waals surface area contributed by atoms with Crippen LogP contribution < -0.4 is 0 Å². The number of aryl methyl sites for hydroxylation is 1. The minimum absolute atomic E-state index is 0.114. The van der Waals surface area contributed by atoms with Crippen molar-refractivity contribution in [3.8, 4) is 11.3 Å². The Kier molecular flexibility index (Phi) is 3.72. The predicted molar refractivity (Wildman–Crippen MR) is 84.7 cm³/mol. The SMILES string of the molecule is CCOC(=O)c1csc2nc(-c3ccc(C)cc3)c(N=O)n12. The van der Waals surface area contributed by atoms with Gasteiger partial charge in [0.25, 0.3) is 0 Å². The summed E-state index contributed by atoms with van der Waals surface area (Å²) in [5.41, 5.74) is 2.62. The first kappa shape index (κ1) is 14.4. The van der Waals surface area contributed by atoms with Gasteiger partial charge in [-0.3, -0.25) is 4.40 Å². The van der Waals surface area contributed by atoms with E-state index in [4.69, 9.17) is 4.74 Å². The van der Waals surface area contributed by atoms with E-state index in [0.717, 1.165) is 11.1 Å². The predicted octanol–water partition coefficient (Wildman–Crippen LogP) is 3.95. The standard InChI is InChI=1S/C15H13N3O3S/c1-3-21-14(19)11-8-22-15-16-12(13(17-20)18(11)15)10-6-4-9(2)5-7-10/h4-8H,3H2,1-2H3. The minimum Gasteiger partial charge on any atom is -0.461 e. The molecule has 0 N–H and O–H groups in total. The molecular formula is C15H13N3O3S. The number of imidazole rings is 1. The lowest BCUT2D eigenvalue weighted by Gasteiger charge is -2.01. The molecule has 0 unspecified atom stereocenters. The van der Waals surface area contributed by atoms with Crippen LogP contribution in [0.15, 0.2) is 34.8 Å². The fraction of sp³-hybridized carbons (Fsp3) is 0.200. The van der Waals surface area contributed by atoms with Crippen LogP contribution in [0.25, 0.3) is 16.2 Å². The number of aromatic nitrogens is 2. The summed E-state index contributed by atoms with van der Waals surface area (Å²) in [6.07, 6.45) is 0. The van der Waals surface area contributed by atoms with Crippen molar-refractivity contribution in [2.24, 2.45) is 5.18 Å². The van der Waals surface area contributed by atoms with E-state index >= 15 is 0 Å². The summed E-state index contributed by atoms with van der Waals surface area (Å²) in [5.74, 6) is -0.380. The van der Waals surface area contributed by atoms with Crippen molar-refractivity contribution < 1.29 is 9.53 Å². The summed E-state index contributed by atoms with van der Waals surface area (Å²) in [5, 5.41) is 4.70. The van der Waals surface area contributed by atoms with E-state index in [-0.39, 0.29) is 18.1 Å². The van der Waals surface area contributed by atoms with Crippen LogP contribution in [0.1, 0.15) is 23.0 Å². The highest BCUT2D eigenvalue weighted by atomic mass is 32.1. The summed E-state index contributed by atoms with van der Waals surface area (Å²) >= 11 is 1.27. The third kappa shape index (κ3) is 2.29. The van der Waals surface area contributed by atoms with Crippen molar-refractivity contribution in [1.82, 2.24) is 9.38 Å². The van der Waals surface area contributed by atoms with Gasteiger partial charge in [0, 0.05) is 10.9 Å². The maximum atomic E-state index is 12.0. The zero-order valence-electron chi connectivity index (χ0n) is 12.1. The van der Waals surface area contributed by atoms with Crippen molar-refractivity contribution in [2.45, 2.75) is 13.8 Å². The average molecular weight is 315 g/mol. The van der Waals surface area contributed by atoms with Crippen LogP contribution in [0.2, 0.25) is 0 Å². The Morgan fingerprint density at radius 1 is 1.36 bits per heavy atom. The van der Waals surface area contributed by atoms with Crippen molar-refractivity contribution in [1.29, 1.82) is 0 Å². The first-order valence-electron chi connectivity index (χ1n) is 6.73. The molecule has 0 aliphatic rings. The van der Waals surface area contributed by atoms with Gasteiger partial charge in [0.1, 0.15) is 11.4 Å². The largest absolute Gasteiger partial charge is 0.461 e. The lowest BCUT2D eigenvalue weighted by molar-refractivity contribution is 0.0519. The van der Waals surface area contributed by atoms with E-state index in [0.29, 0.717) is 10.7 Å². The molecular weight excluding hydrogens is 302 g/mol. The lowest BCUT2D eigenvalue weighted by Crippen LogP contribution is -2.07. The number of esters is 1. The average Bonchev–Trinajstić information content (AvgIpc) is 3.06.